The Balaban J connectivity index is 2.95. The molecule has 0 heterocycles. The first-order valence-electron chi connectivity index (χ1n) is 5.36. The average molecular weight is 320 g/mol. The standard InChI is InChI=1S/C12H18BrNO2S/c1-9-10(13)6-5-7-11(9)14-17(15,16)8-12(2,3)4/h5-7,14H,8H2,1-4H3. The first kappa shape index (κ1) is 14.5. The molecule has 1 N–H and O–H groups in total. The van der Waals surface area contributed by atoms with Gasteiger partial charge in [0.05, 0.1) is 11.4 Å². The van der Waals surface area contributed by atoms with E-state index in [0.29, 0.717) is 5.69 Å². The van der Waals surface area contributed by atoms with Gasteiger partial charge in [-0.3, -0.25) is 4.72 Å². The molecule has 0 radical (unpaired) electrons. The van der Waals surface area contributed by atoms with Crippen molar-refractivity contribution in [2.45, 2.75) is 27.7 Å². The predicted molar refractivity (Wildman–Crippen MR) is 75.7 cm³/mol. The van der Waals surface area contributed by atoms with Gasteiger partial charge in [0, 0.05) is 4.47 Å². The third-order valence-corrected chi connectivity index (χ3v) is 4.79. The molecule has 0 aliphatic heterocycles. The van der Waals surface area contributed by atoms with E-state index in [2.05, 4.69) is 20.7 Å². The van der Waals surface area contributed by atoms with Gasteiger partial charge in [0.1, 0.15) is 0 Å². The number of nitrogens with one attached hydrogen (secondary N) is 1. The highest BCUT2D eigenvalue weighted by molar-refractivity contribution is 9.10. The number of sulfonamides is 1. The summed E-state index contributed by atoms with van der Waals surface area (Å²) in [7, 11) is -3.30. The lowest BCUT2D eigenvalue weighted by Crippen LogP contribution is -2.26. The van der Waals surface area contributed by atoms with Crippen molar-refractivity contribution in [1.82, 2.24) is 0 Å². The average Bonchev–Trinajstić information content (AvgIpc) is 2.08. The molecule has 96 valence electrons. The van der Waals surface area contributed by atoms with E-state index in [0.717, 1.165) is 10.0 Å². The minimum atomic E-state index is -3.30. The van der Waals surface area contributed by atoms with E-state index in [-0.39, 0.29) is 11.2 Å². The Morgan fingerprint density at radius 2 is 1.88 bits per heavy atom. The second kappa shape index (κ2) is 4.98. The van der Waals surface area contributed by atoms with E-state index >= 15 is 0 Å². The summed E-state index contributed by atoms with van der Waals surface area (Å²) in [6.07, 6.45) is 0. The van der Waals surface area contributed by atoms with Crippen LogP contribution >= 0.6 is 15.9 Å². The van der Waals surface area contributed by atoms with E-state index in [1.165, 1.54) is 0 Å². The quantitative estimate of drug-likeness (QED) is 0.926. The van der Waals surface area contributed by atoms with Crippen LogP contribution in [0.2, 0.25) is 0 Å². The molecule has 0 fully saturated rings. The van der Waals surface area contributed by atoms with Crippen molar-refractivity contribution < 1.29 is 8.42 Å². The van der Waals surface area contributed by atoms with E-state index in [1.54, 1.807) is 6.07 Å². The molecule has 0 amide bonds. The zero-order chi connectivity index (χ0) is 13.3. The minimum Gasteiger partial charge on any atom is -0.283 e. The van der Waals surface area contributed by atoms with Gasteiger partial charge in [-0.2, -0.15) is 0 Å². The second-order valence-electron chi connectivity index (χ2n) is 5.33. The highest BCUT2D eigenvalue weighted by Crippen LogP contribution is 2.25. The molecule has 0 aromatic heterocycles. The number of benzene rings is 1. The molecule has 0 saturated heterocycles. The Labute approximate surface area is 112 Å². The van der Waals surface area contributed by atoms with E-state index in [9.17, 15) is 8.42 Å². The SMILES string of the molecule is Cc1c(Br)cccc1NS(=O)(=O)CC(C)(C)C. The Morgan fingerprint density at radius 1 is 1.29 bits per heavy atom. The zero-order valence-corrected chi connectivity index (χ0v) is 12.9. The van der Waals surface area contributed by atoms with Gasteiger partial charge in [0.25, 0.3) is 0 Å². The number of halogens is 1. The molecule has 0 aliphatic rings. The number of rotatable bonds is 3. The van der Waals surface area contributed by atoms with Gasteiger partial charge in [0.2, 0.25) is 10.0 Å². The molecule has 0 atom stereocenters. The van der Waals surface area contributed by atoms with Gasteiger partial charge in [-0.1, -0.05) is 42.8 Å². The predicted octanol–water partition coefficient (Wildman–Crippen LogP) is 3.55. The summed E-state index contributed by atoms with van der Waals surface area (Å²) in [6, 6.07) is 5.46. The molecule has 3 nitrogen and oxygen atoms in total. The Kier molecular flexibility index (Phi) is 4.25. The van der Waals surface area contributed by atoms with Crippen LogP contribution in [0.25, 0.3) is 0 Å². The fourth-order valence-electron chi connectivity index (χ4n) is 1.49. The number of hydrogen-bond donors (Lipinski definition) is 1. The highest BCUT2D eigenvalue weighted by atomic mass is 79.9. The van der Waals surface area contributed by atoms with Gasteiger partial charge in [-0.05, 0) is 30.0 Å². The Bertz CT molecular complexity index is 504. The van der Waals surface area contributed by atoms with Crippen molar-refractivity contribution in [3.63, 3.8) is 0 Å². The van der Waals surface area contributed by atoms with Crippen LogP contribution in [0.4, 0.5) is 5.69 Å². The molecular formula is C12H18BrNO2S. The van der Waals surface area contributed by atoms with Crippen LogP contribution in [0.5, 0.6) is 0 Å². The molecule has 1 aromatic carbocycles. The van der Waals surface area contributed by atoms with Gasteiger partial charge in [-0.25, -0.2) is 8.42 Å². The van der Waals surface area contributed by atoms with Gasteiger partial charge >= 0.3 is 0 Å². The van der Waals surface area contributed by atoms with E-state index in [1.807, 2.05) is 39.8 Å². The summed E-state index contributed by atoms with van der Waals surface area (Å²) in [5.74, 6) is 0.103. The van der Waals surface area contributed by atoms with Crippen LogP contribution in [0.1, 0.15) is 26.3 Å². The van der Waals surface area contributed by atoms with Crippen LogP contribution in [0.3, 0.4) is 0 Å². The van der Waals surface area contributed by atoms with Crippen LogP contribution in [0, 0.1) is 12.3 Å². The lowest BCUT2D eigenvalue weighted by Gasteiger charge is -2.19. The van der Waals surface area contributed by atoms with Crippen LogP contribution in [-0.2, 0) is 10.0 Å². The Morgan fingerprint density at radius 3 is 2.41 bits per heavy atom. The highest BCUT2D eigenvalue weighted by Gasteiger charge is 2.22. The fourth-order valence-corrected chi connectivity index (χ4v) is 3.63. The van der Waals surface area contributed by atoms with Gasteiger partial charge in [0.15, 0.2) is 0 Å². The molecule has 1 aromatic rings. The molecule has 1 rings (SSSR count). The van der Waals surface area contributed by atoms with Crippen molar-refractivity contribution in [1.29, 1.82) is 0 Å². The molecule has 0 aliphatic carbocycles. The van der Waals surface area contributed by atoms with E-state index < -0.39 is 10.0 Å². The maximum absolute atomic E-state index is 12.0. The zero-order valence-electron chi connectivity index (χ0n) is 10.5. The summed E-state index contributed by atoms with van der Waals surface area (Å²) in [5.41, 5.74) is 1.26. The smallest absolute Gasteiger partial charge is 0.233 e. The van der Waals surface area contributed by atoms with Crippen molar-refractivity contribution in [2.75, 3.05) is 10.5 Å². The monoisotopic (exact) mass is 319 g/mol. The van der Waals surface area contributed by atoms with Crippen molar-refractivity contribution in [3.05, 3.63) is 28.2 Å². The normalized spacial score (nSPS) is 12.5. The number of anilines is 1. The van der Waals surface area contributed by atoms with Crippen LogP contribution in [-0.4, -0.2) is 14.2 Å². The molecule has 0 saturated carbocycles. The summed E-state index contributed by atoms with van der Waals surface area (Å²) < 4.78 is 27.4. The summed E-state index contributed by atoms with van der Waals surface area (Å²) >= 11 is 3.38. The van der Waals surface area contributed by atoms with Crippen molar-refractivity contribution in [2.24, 2.45) is 5.41 Å². The topological polar surface area (TPSA) is 46.2 Å². The first-order valence-corrected chi connectivity index (χ1v) is 7.81. The third-order valence-electron chi connectivity index (χ3n) is 2.16. The summed E-state index contributed by atoms with van der Waals surface area (Å²) in [6.45, 7) is 7.58. The molecular weight excluding hydrogens is 302 g/mol. The maximum Gasteiger partial charge on any atom is 0.233 e. The van der Waals surface area contributed by atoms with Crippen LogP contribution in [0.15, 0.2) is 22.7 Å². The third kappa shape index (κ3) is 4.68. The van der Waals surface area contributed by atoms with Crippen molar-refractivity contribution >= 4 is 31.6 Å². The Hall–Kier alpha value is -0.550. The number of hydrogen-bond acceptors (Lipinski definition) is 2. The summed E-state index contributed by atoms with van der Waals surface area (Å²) in [4.78, 5) is 0. The van der Waals surface area contributed by atoms with Gasteiger partial charge in [-0.15, -0.1) is 0 Å². The second-order valence-corrected chi connectivity index (χ2v) is 7.91. The van der Waals surface area contributed by atoms with Crippen LogP contribution < -0.4 is 4.72 Å². The lowest BCUT2D eigenvalue weighted by molar-refractivity contribution is 0.463. The largest absolute Gasteiger partial charge is 0.283 e. The van der Waals surface area contributed by atoms with Crippen molar-refractivity contribution in [3.8, 4) is 0 Å². The lowest BCUT2D eigenvalue weighted by atomic mass is 10.0. The van der Waals surface area contributed by atoms with E-state index in [4.69, 9.17) is 0 Å². The first-order chi connectivity index (χ1) is 7.61. The van der Waals surface area contributed by atoms with Gasteiger partial charge < -0.3 is 0 Å². The molecule has 5 heteroatoms. The summed E-state index contributed by atoms with van der Waals surface area (Å²) in [5, 5.41) is 0. The molecule has 0 unspecified atom stereocenters. The molecule has 17 heavy (non-hydrogen) atoms. The fraction of sp³-hybridized carbons (Fsp3) is 0.500. The molecule has 0 spiro atoms. The molecule has 0 bridgehead atoms. The maximum atomic E-state index is 12.0. The minimum absolute atomic E-state index is 0.103.